The van der Waals surface area contributed by atoms with Crippen molar-refractivity contribution < 1.29 is 13.9 Å². The van der Waals surface area contributed by atoms with Crippen LogP contribution in [0.3, 0.4) is 0 Å². The van der Waals surface area contributed by atoms with Crippen molar-refractivity contribution in [2.75, 3.05) is 6.61 Å². The number of rotatable bonds is 4. The first-order valence-electron chi connectivity index (χ1n) is 8.20. The highest BCUT2D eigenvalue weighted by molar-refractivity contribution is 5.77. The van der Waals surface area contributed by atoms with Crippen molar-refractivity contribution in [3.05, 3.63) is 89.8 Å². The average molecular weight is 332 g/mol. The second kappa shape index (κ2) is 6.81. The molecule has 0 N–H and O–H groups in total. The Morgan fingerprint density at radius 3 is 2.56 bits per heavy atom. The minimum atomic E-state index is -0.270. The molecule has 0 aliphatic carbocycles. The molecular weight excluding hydrogens is 315 g/mol. The van der Waals surface area contributed by atoms with E-state index in [1.54, 1.807) is 0 Å². The highest BCUT2D eigenvalue weighted by Gasteiger charge is 2.15. The van der Waals surface area contributed by atoms with Gasteiger partial charge in [0.05, 0.1) is 0 Å². The van der Waals surface area contributed by atoms with Crippen LogP contribution in [-0.2, 0) is 6.61 Å². The fraction of sp³-hybridized carbons (Fsp3) is 0.0909. The summed E-state index contributed by atoms with van der Waals surface area (Å²) in [5.41, 5.74) is 3.55. The normalized spacial score (nSPS) is 12.4. The monoisotopic (exact) mass is 332 g/mol. The second-order valence-corrected chi connectivity index (χ2v) is 5.88. The van der Waals surface area contributed by atoms with E-state index in [1.165, 1.54) is 12.1 Å². The Morgan fingerprint density at radius 2 is 1.76 bits per heavy atom. The molecule has 0 saturated heterocycles. The van der Waals surface area contributed by atoms with Crippen molar-refractivity contribution in [3.8, 4) is 22.6 Å². The van der Waals surface area contributed by atoms with E-state index in [4.69, 9.17) is 9.47 Å². The molecule has 1 heterocycles. The van der Waals surface area contributed by atoms with E-state index in [0.717, 1.165) is 33.8 Å². The van der Waals surface area contributed by atoms with Crippen molar-refractivity contribution >= 4 is 6.08 Å². The first-order chi connectivity index (χ1) is 12.3. The Balaban J connectivity index is 1.57. The molecule has 1 aliphatic rings. The third-order valence-electron chi connectivity index (χ3n) is 4.12. The molecule has 0 amide bonds. The standard InChI is InChI=1S/C22H17FO2/c23-19-13-18-7-4-12-24-22(18)21(14-19)17-8-10-20(11-9-17)25-15-16-5-2-1-3-6-16/h1-11,13-14H,12,15H2. The zero-order valence-corrected chi connectivity index (χ0v) is 13.6. The number of hydrogen-bond donors (Lipinski definition) is 0. The van der Waals surface area contributed by atoms with Crippen LogP contribution in [0.2, 0.25) is 0 Å². The Hall–Kier alpha value is -3.07. The molecule has 0 saturated carbocycles. The van der Waals surface area contributed by atoms with Gasteiger partial charge in [0.15, 0.2) is 0 Å². The van der Waals surface area contributed by atoms with E-state index in [9.17, 15) is 4.39 Å². The molecule has 0 aromatic heterocycles. The molecule has 25 heavy (non-hydrogen) atoms. The minimum Gasteiger partial charge on any atom is -0.489 e. The van der Waals surface area contributed by atoms with E-state index in [2.05, 4.69) is 0 Å². The van der Waals surface area contributed by atoms with Gasteiger partial charge in [-0.05, 0) is 41.5 Å². The van der Waals surface area contributed by atoms with Crippen LogP contribution in [0.4, 0.5) is 4.39 Å². The lowest BCUT2D eigenvalue weighted by Gasteiger charge is -2.17. The summed E-state index contributed by atoms with van der Waals surface area (Å²) >= 11 is 0. The quantitative estimate of drug-likeness (QED) is 0.630. The molecule has 0 fully saturated rings. The number of hydrogen-bond acceptors (Lipinski definition) is 2. The molecule has 0 atom stereocenters. The summed E-state index contributed by atoms with van der Waals surface area (Å²) < 4.78 is 25.4. The summed E-state index contributed by atoms with van der Waals surface area (Å²) in [7, 11) is 0. The third-order valence-corrected chi connectivity index (χ3v) is 4.12. The minimum absolute atomic E-state index is 0.270. The van der Waals surface area contributed by atoms with E-state index >= 15 is 0 Å². The van der Waals surface area contributed by atoms with Gasteiger partial charge in [-0.1, -0.05) is 48.5 Å². The summed E-state index contributed by atoms with van der Waals surface area (Å²) in [6, 6.07) is 20.7. The van der Waals surface area contributed by atoms with Crippen LogP contribution in [0.1, 0.15) is 11.1 Å². The van der Waals surface area contributed by atoms with Gasteiger partial charge in [-0.25, -0.2) is 4.39 Å². The predicted molar refractivity (Wildman–Crippen MR) is 97.1 cm³/mol. The molecule has 0 bridgehead atoms. The first-order valence-corrected chi connectivity index (χ1v) is 8.20. The van der Waals surface area contributed by atoms with Gasteiger partial charge in [0.2, 0.25) is 0 Å². The van der Waals surface area contributed by atoms with Crippen molar-refractivity contribution in [1.82, 2.24) is 0 Å². The predicted octanol–water partition coefficient (Wildman–Crippen LogP) is 5.48. The fourth-order valence-electron chi connectivity index (χ4n) is 2.89. The second-order valence-electron chi connectivity index (χ2n) is 5.88. The maximum atomic E-state index is 13.9. The van der Waals surface area contributed by atoms with Gasteiger partial charge < -0.3 is 9.47 Å². The Morgan fingerprint density at radius 1 is 0.960 bits per heavy atom. The van der Waals surface area contributed by atoms with Crippen molar-refractivity contribution in [2.45, 2.75) is 6.61 Å². The summed E-state index contributed by atoms with van der Waals surface area (Å²) in [6.45, 7) is 1.02. The highest BCUT2D eigenvalue weighted by Crippen LogP contribution is 2.37. The van der Waals surface area contributed by atoms with Crippen LogP contribution in [-0.4, -0.2) is 6.61 Å². The lowest BCUT2D eigenvalue weighted by Crippen LogP contribution is -2.02. The zero-order chi connectivity index (χ0) is 17.1. The molecule has 1 aliphatic heterocycles. The average Bonchev–Trinajstić information content (AvgIpc) is 2.67. The Labute approximate surface area is 146 Å². The van der Waals surface area contributed by atoms with Gasteiger partial charge >= 0.3 is 0 Å². The van der Waals surface area contributed by atoms with Crippen LogP contribution in [0.15, 0.2) is 72.8 Å². The molecule has 3 aromatic carbocycles. The largest absolute Gasteiger partial charge is 0.489 e. The summed E-state index contributed by atoms with van der Waals surface area (Å²) in [4.78, 5) is 0. The van der Waals surface area contributed by atoms with E-state index in [-0.39, 0.29) is 5.82 Å². The Kier molecular flexibility index (Phi) is 4.21. The highest BCUT2D eigenvalue weighted by atomic mass is 19.1. The molecule has 2 nitrogen and oxygen atoms in total. The maximum Gasteiger partial charge on any atom is 0.135 e. The van der Waals surface area contributed by atoms with Crippen LogP contribution < -0.4 is 9.47 Å². The van der Waals surface area contributed by atoms with Gasteiger partial charge in [0.1, 0.15) is 30.5 Å². The van der Waals surface area contributed by atoms with Crippen molar-refractivity contribution in [2.24, 2.45) is 0 Å². The van der Waals surface area contributed by atoms with Crippen LogP contribution in [0.25, 0.3) is 17.2 Å². The zero-order valence-electron chi connectivity index (χ0n) is 13.6. The number of ether oxygens (including phenoxy) is 2. The number of benzene rings is 3. The SMILES string of the molecule is Fc1cc2c(c(-c3ccc(OCc4ccccc4)cc3)c1)OCC=C2. The molecule has 3 aromatic rings. The number of fused-ring (bicyclic) bond motifs is 1. The van der Waals surface area contributed by atoms with Crippen LogP contribution >= 0.6 is 0 Å². The van der Waals surface area contributed by atoms with Gasteiger partial charge in [0.25, 0.3) is 0 Å². The summed E-state index contributed by atoms with van der Waals surface area (Å²) in [5, 5.41) is 0. The lowest BCUT2D eigenvalue weighted by atomic mass is 9.99. The molecule has 0 radical (unpaired) electrons. The topological polar surface area (TPSA) is 18.5 Å². The van der Waals surface area contributed by atoms with Crippen molar-refractivity contribution in [1.29, 1.82) is 0 Å². The molecule has 3 heteroatoms. The number of halogens is 1. The summed E-state index contributed by atoms with van der Waals surface area (Å²) in [6.07, 6.45) is 3.77. The van der Waals surface area contributed by atoms with Gasteiger partial charge in [-0.2, -0.15) is 0 Å². The fourth-order valence-corrected chi connectivity index (χ4v) is 2.89. The van der Waals surface area contributed by atoms with Crippen LogP contribution in [0, 0.1) is 5.82 Å². The summed E-state index contributed by atoms with van der Waals surface area (Å²) in [5.74, 6) is 1.23. The molecule has 0 unspecified atom stereocenters. The van der Waals surface area contributed by atoms with E-state index < -0.39 is 0 Å². The molecule has 124 valence electrons. The molecular formula is C22H17FO2. The van der Waals surface area contributed by atoms with Crippen LogP contribution in [0.5, 0.6) is 11.5 Å². The van der Waals surface area contributed by atoms with Gasteiger partial charge in [0, 0.05) is 11.1 Å². The third kappa shape index (κ3) is 3.41. The van der Waals surface area contributed by atoms with Gasteiger partial charge in [-0.15, -0.1) is 0 Å². The molecule has 0 spiro atoms. The van der Waals surface area contributed by atoms with E-state index in [1.807, 2.05) is 66.7 Å². The lowest BCUT2D eigenvalue weighted by molar-refractivity contribution is 0.306. The van der Waals surface area contributed by atoms with E-state index in [0.29, 0.717) is 13.2 Å². The first kappa shape index (κ1) is 15.5. The van der Waals surface area contributed by atoms with Crippen molar-refractivity contribution in [3.63, 3.8) is 0 Å². The maximum absolute atomic E-state index is 13.9. The van der Waals surface area contributed by atoms with Gasteiger partial charge in [-0.3, -0.25) is 0 Å². The smallest absolute Gasteiger partial charge is 0.135 e. The Bertz CT molecular complexity index is 899. The molecule has 4 rings (SSSR count).